The molecule has 0 aromatic heterocycles. The van der Waals surface area contributed by atoms with E-state index in [1.807, 2.05) is 0 Å². The molecular formula is C16H21Cl2F3N2. The van der Waals surface area contributed by atoms with E-state index < -0.39 is 17.1 Å². The summed E-state index contributed by atoms with van der Waals surface area (Å²) >= 11 is 12.0. The summed E-state index contributed by atoms with van der Waals surface area (Å²) in [4.78, 5) is 4.56. The van der Waals surface area contributed by atoms with Crippen LogP contribution in [0.1, 0.15) is 22.9 Å². The standard InChI is InChI=1S/C16H21Cl2F3N2/c17-5-2-6-22-7-9-23(10-8-22)12-15(18)13-3-1-4-14(11-13)16(19,20)21/h1,3-4,11,15H,2,5-10,12H2. The Morgan fingerprint density at radius 3 is 2.35 bits per heavy atom. The van der Waals surface area contributed by atoms with Gasteiger partial charge < -0.3 is 4.90 Å². The van der Waals surface area contributed by atoms with Crippen LogP contribution in [0.3, 0.4) is 0 Å². The van der Waals surface area contributed by atoms with Crippen LogP contribution >= 0.6 is 23.2 Å². The van der Waals surface area contributed by atoms with Crippen LogP contribution in [-0.2, 0) is 6.18 Å². The molecule has 2 rings (SSSR count). The van der Waals surface area contributed by atoms with Crippen LogP contribution < -0.4 is 0 Å². The number of halogens is 5. The number of alkyl halides is 5. The van der Waals surface area contributed by atoms with Gasteiger partial charge in [0.25, 0.3) is 0 Å². The second kappa shape index (κ2) is 8.56. The summed E-state index contributed by atoms with van der Waals surface area (Å²) in [6, 6.07) is 5.29. The third-order valence-corrected chi connectivity index (χ3v) is 4.72. The van der Waals surface area contributed by atoms with Gasteiger partial charge in [0.2, 0.25) is 0 Å². The van der Waals surface area contributed by atoms with Crippen LogP contribution in [0.15, 0.2) is 24.3 Å². The Morgan fingerprint density at radius 1 is 1.09 bits per heavy atom. The second-order valence-electron chi connectivity index (χ2n) is 5.78. The summed E-state index contributed by atoms with van der Waals surface area (Å²) in [7, 11) is 0. The first kappa shape index (κ1) is 18.8. The minimum absolute atomic E-state index is 0.438. The van der Waals surface area contributed by atoms with Gasteiger partial charge in [-0.1, -0.05) is 18.2 Å². The van der Waals surface area contributed by atoms with Crippen molar-refractivity contribution >= 4 is 23.2 Å². The Labute approximate surface area is 145 Å². The Bertz CT molecular complexity index is 488. The maximum Gasteiger partial charge on any atom is 0.416 e. The lowest BCUT2D eigenvalue weighted by Gasteiger charge is -2.35. The van der Waals surface area contributed by atoms with Gasteiger partial charge in [-0.15, -0.1) is 23.2 Å². The molecule has 1 aromatic carbocycles. The highest BCUT2D eigenvalue weighted by molar-refractivity contribution is 6.21. The summed E-state index contributed by atoms with van der Waals surface area (Å²) in [5.74, 6) is 0.666. The van der Waals surface area contributed by atoms with Gasteiger partial charge in [0, 0.05) is 38.6 Å². The van der Waals surface area contributed by atoms with Crippen molar-refractivity contribution < 1.29 is 13.2 Å². The maximum atomic E-state index is 12.8. The summed E-state index contributed by atoms with van der Waals surface area (Å²) in [6.45, 7) is 5.21. The summed E-state index contributed by atoms with van der Waals surface area (Å²) in [5, 5.41) is -0.438. The van der Waals surface area contributed by atoms with E-state index in [0.29, 0.717) is 18.0 Å². The Balaban J connectivity index is 1.87. The van der Waals surface area contributed by atoms with Crippen molar-refractivity contribution in [2.75, 3.05) is 45.1 Å². The van der Waals surface area contributed by atoms with Crippen LogP contribution in [0.25, 0.3) is 0 Å². The molecule has 2 nitrogen and oxygen atoms in total. The molecule has 0 amide bonds. The number of hydrogen-bond donors (Lipinski definition) is 0. The molecule has 1 aliphatic heterocycles. The number of benzene rings is 1. The first-order valence-electron chi connectivity index (χ1n) is 7.72. The minimum atomic E-state index is -4.33. The molecule has 1 fully saturated rings. The molecule has 0 saturated carbocycles. The largest absolute Gasteiger partial charge is 0.416 e. The van der Waals surface area contributed by atoms with E-state index in [1.165, 1.54) is 6.07 Å². The molecule has 1 saturated heterocycles. The lowest BCUT2D eigenvalue weighted by Crippen LogP contribution is -2.47. The number of rotatable bonds is 6. The molecule has 1 unspecified atom stereocenters. The van der Waals surface area contributed by atoms with E-state index in [1.54, 1.807) is 6.07 Å². The van der Waals surface area contributed by atoms with Crippen LogP contribution in [0.4, 0.5) is 13.2 Å². The van der Waals surface area contributed by atoms with Crippen LogP contribution in [0.5, 0.6) is 0 Å². The van der Waals surface area contributed by atoms with Gasteiger partial charge in [0.15, 0.2) is 0 Å². The van der Waals surface area contributed by atoms with E-state index >= 15 is 0 Å². The van der Waals surface area contributed by atoms with Gasteiger partial charge in [-0.3, -0.25) is 4.90 Å². The fraction of sp³-hybridized carbons (Fsp3) is 0.625. The van der Waals surface area contributed by atoms with Crippen LogP contribution in [0, 0.1) is 0 Å². The van der Waals surface area contributed by atoms with Gasteiger partial charge >= 0.3 is 6.18 Å². The molecule has 0 bridgehead atoms. The van der Waals surface area contributed by atoms with Crippen molar-refractivity contribution in [1.29, 1.82) is 0 Å². The minimum Gasteiger partial charge on any atom is -0.301 e. The van der Waals surface area contributed by atoms with Crippen molar-refractivity contribution in [2.45, 2.75) is 18.0 Å². The molecule has 1 aromatic rings. The van der Waals surface area contributed by atoms with Crippen molar-refractivity contribution in [1.82, 2.24) is 9.80 Å². The summed E-state index contributed by atoms with van der Waals surface area (Å²) in [6.07, 6.45) is -3.36. The smallest absolute Gasteiger partial charge is 0.301 e. The zero-order chi connectivity index (χ0) is 16.9. The lowest BCUT2D eigenvalue weighted by molar-refractivity contribution is -0.137. The van der Waals surface area contributed by atoms with E-state index in [2.05, 4.69) is 9.80 Å². The third-order valence-electron chi connectivity index (χ3n) is 4.07. The molecule has 23 heavy (non-hydrogen) atoms. The average molecular weight is 369 g/mol. The fourth-order valence-electron chi connectivity index (χ4n) is 2.72. The van der Waals surface area contributed by atoms with Crippen molar-refractivity contribution in [3.05, 3.63) is 35.4 Å². The molecule has 1 heterocycles. The lowest BCUT2D eigenvalue weighted by atomic mass is 10.1. The topological polar surface area (TPSA) is 6.48 Å². The SMILES string of the molecule is FC(F)(F)c1cccc(C(Cl)CN2CCN(CCCCl)CC2)c1. The van der Waals surface area contributed by atoms with Crippen molar-refractivity contribution in [2.24, 2.45) is 0 Å². The zero-order valence-corrected chi connectivity index (χ0v) is 14.3. The highest BCUT2D eigenvalue weighted by Crippen LogP contribution is 2.32. The molecule has 7 heteroatoms. The Morgan fingerprint density at radius 2 is 1.74 bits per heavy atom. The van der Waals surface area contributed by atoms with Gasteiger partial charge in [0.05, 0.1) is 10.9 Å². The van der Waals surface area contributed by atoms with Gasteiger partial charge in [0.1, 0.15) is 0 Å². The van der Waals surface area contributed by atoms with Gasteiger partial charge in [-0.05, 0) is 24.6 Å². The molecule has 0 radical (unpaired) electrons. The highest BCUT2D eigenvalue weighted by atomic mass is 35.5. The molecule has 1 atom stereocenters. The second-order valence-corrected chi connectivity index (χ2v) is 6.68. The fourth-order valence-corrected chi connectivity index (χ4v) is 3.17. The number of piperazine rings is 1. The van der Waals surface area contributed by atoms with E-state index in [9.17, 15) is 13.2 Å². The first-order chi connectivity index (χ1) is 10.9. The normalized spacial score (nSPS) is 19.0. The molecule has 0 aliphatic carbocycles. The summed E-state index contributed by atoms with van der Waals surface area (Å²) in [5.41, 5.74) is -0.127. The summed E-state index contributed by atoms with van der Waals surface area (Å²) < 4.78 is 38.3. The zero-order valence-electron chi connectivity index (χ0n) is 12.8. The predicted octanol–water partition coefficient (Wildman–Crippen LogP) is 4.23. The third kappa shape index (κ3) is 5.82. The Hall–Kier alpha value is -0.490. The van der Waals surface area contributed by atoms with E-state index in [4.69, 9.17) is 23.2 Å². The van der Waals surface area contributed by atoms with Gasteiger partial charge in [-0.2, -0.15) is 13.2 Å². The van der Waals surface area contributed by atoms with Crippen molar-refractivity contribution in [3.8, 4) is 0 Å². The highest BCUT2D eigenvalue weighted by Gasteiger charge is 2.31. The average Bonchev–Trinajstić information content (AvgIpc) is 2.53. The number of nitrogens with zero attached hydrogens (tertiary/aromatic N) is 2. The Kier molecular flexibility index (Phi) is 7.01. The molecular weight excluding hydrogens is 348 g/mol. The first-order valence-corrected chi connectivity index (χ1v) is 8.69. The maximum absolute atomic E-state index is 12.8. The molecule has 130 valence electrons. The quantitative estimate of drug-likeness (QED) is 0.693. The monoisotopic (exact) mass is 368 g/mol. The molecule has 1 aliphatic rings. The van der Waals surface area contributed by atoms with Crippen LogP contribution in [0.2, 0.25) is 0 Å². The molecule has 0 N–H and O–H groups in total. The van der Waals surface area contributed by atoms with E-state index in [-0.39, 0.29) is 0 Å². The van der Waals surface area contributed by atoms with Crippen molar-refractivity contribution in [3.63, 3.8) is 0 Å². The number of hydrogen-bond acceptors (Lipinski definition) is 2. The van der Waals surface area contributed by atoms with Crippen LogP contribution in [-0.4, -0.2) is 54.9 Å². The predicted molar refractivity (Wildman–Crippen MR) is 88.3 cm³/mol. The van der Waals surface area contributed by atoms with Gasteiger partial charge in [-0.25, -0.2) is 0 Å². The van der Waals surface area contributed by atoms with E-state index in [0.717, 1.165) is 51.3 Å². The molecule has 0 spiro atoms.